The lowest BCUT2D eigenvalue weighted by Crippen LogP contribution is -2.09. The summed E-state index contributed by atoms with van der Waals surface area (Å²) in [4.78, 5) is 0. The minimum Gasteiger partial charge on any atom is -0.490 e. The first-order valence-corrected chi connectivity index (χ1v) is 7.58. The van der Waals surface area contributed by atoms with Crippen LogP contribution in [0.2, 0.25) is 5.02 Å². The highest BCUT2D eigenvalue weighted by Gasteiger charge is 2.02. The summed E-state index contributed by atoms with van der Waals surface area (Å²) in [7, 11) is 0. The Bertz CT molecular complexity index is 544. The van der Waals surface area contributed by atoms with Crippen molar-refractivity contribution in [1.29, 1.82) is 0 Å². The average molecular weight is 407 g/mol. The van der Waals surface area contributed by atoms with Crippen molar-refractivity contribution >= 4 is 43.5 Å². The zero-order valence-corrected chi connectivity index (χ0v) is 13.8. The molecule has 0 amide bonds. The van der Waals surface area contributed by atoms with Crippen molar-refractivity contribution in [2.75, 3.05) is 13.2 Å². The largest absolute Gasteiger partial charge is 0.490 e. The molecule has 0 heterocycles. The van der Waals surface area contributed by atoms with Crippen molar-refractivity contribution in [3.05, 3.63) is 56.4 Å². The van der Waals surface area contributed by atoms with E-state index in [4.69, 9.17) is 21.1 Å². The zero-order chi connectivity index (χ0) is 13.7. The number of ether oxygens (including phenoxy) is 2. The Labute approximate surface area is 133 Å². The molecule has 19 heavy (non-hydrogen) atoms. The molecular formula is C14H11Br2ClO2. The van der Waals surface area contributed by atoms with Gasteiger partial charge in [0.25, 0.3) is 0 Å². The number of hydrogen-bond donors (Lipinski definition) is 0. The fourth-order valence-corrected chi connectivity index (χ4v) is 2.21. The molecule has 0 bridgehead atoms. The van der Waals surface area contributed by atoms with Crippen molar-refractivity contribution in [2.45, 2.75) is 0 Å². The van der Waals surface area contributed by atoms with Crippen molar-refractivity contribution < 1.29 is 9.47 Å². The van der Waals surface area contributed by atoms with Crippen molar-refractivity contribution in [1.82, 2.24) is 0 Å². The molecule has 0 spiro atoms. The molecule has 0 radical (unpaired) electrons. The molecule has 2 rings (SSSR count). The number of rotatable bonds is 5. The topological polar surface area (TPSA) is 18.5 Å². The summed E-state index contributed by atoms with van der Waals surface area (Å²) in [6.45, 7) is 0.900. The normalized spacial score (nSPS) is 10.3. The third-order valence-corrected chi connectivity index (χ3v) is 3.65. The molecule has 0 unspecified atom stereocenters. The molecule has 2 aromatic rings. The minimum atomic E-state index is 0.437. The van der Waals surface area contributed by atoms with Crippen LogP contribution in [0.5, 0.6) is 11.5 Å². The smallest absolute Gasteiger partial charge is 0.139 e. The molecular weight excluding hydrogens is 395 g/mol. The van der Waals surface area contributed by atoms with Crippen LogP contribution in [-0.2, 0) is 0 Å². The van der Waals surface area contributed by atoms with E-state index >= 15 is 0 Å². The van der Waals surface area contributed by atoms with Crippen LogP contribution in [0.4, 0.5) is 0 Å². The van der Waals surface area contributed by atoms with E-state index in [0.717, 1.165) is 14.7 Å². The Morgan fingerprint density at radius 1 is 0.842 bits per heavy atom. The standard InChI is InChI=1S/C14H11Br2ClO2/c15-10-1-4-12(5-2-10)18-7-8-19-14-9-11(16)3-6-13(14)17/h1-6,9H,7-8H2. The molecule has 2 aromatic carbocycles. The Morgan fingerprint density at radius 3 is 2.21 bits per heavy atom. The van der Waals surface area contributed by atoms with E-state index in [1.807, 2.05) is 36.4 Å². The fourth-order valence-electron chi connectivity index (χ4n) is 1.43. The predicted octanol–water partition coefficient (Wildman–Crippen LogP) is 5.32. The maximum absolute atomic E-state index is 6.02. The molecule has 2 nitrogen and oxygen atoms in total. The average Bonchev–Trinajstić information content (AvgIpc) is 2.40. The van der Waals surface area contributed by atoms with Crippen LogP contribution in [0.15, 0.2) is 51.4 Å². The molecule has 0 aliphatic heterocycles. The summed E-state index contributed by atoms with van der Waals surface area (Å²) in [6.07, 6.45) is 0. The second kappa shape index (κ2) is 7.17. The predicted molar refractivity (Wildman–Crippen MR) is 84.3 cm³/mol. The van der Waals surface area contributed by atoms with E-state index in [2.05, 4.69) is 31.9 Å². The van der Waals surface area contributed by atoms with Gasteiger partial charge in [0.05, 0.1) is 5.02 Å². The lowest BCUT2D eigenvalue weighted by Gasteiger charge is -2.10. The monoisotopic (exact) mass is 404 g/mol. The van der Waals surface area contributed by atoms with Crippen LogP contribution in [0.1, 0.15) is 0 Å². The van der Waals surface area contributed by atoms with Gasteiger partial charge in [-0.05, 0) is 42.5 Å². The highest BCUT2D eigenvalue weighted by Crippen LogP contribution is 2.27. The summed E-state index contributed by atoms with van der Waals surface area (Å²) in [5.41, 5.74) is 0. The summed E-state index contributed by atoms with van der Waals surface area (Å²) in [5.74, 6) is 1.46. The molecule has 0 N–H and O–H groups in total. The number of hydrogen-bond acceptors (Lipinski definition) is 2. The summed E-state index contributed by atoms with van der Waals surface area (Å²) in [5, 5.41) is 0.590. The molecule has 0 fully saturated rings. The summed E-state index contributed by atoms with van der Waals surface area (Å²) in [6, 6.07) is 13.2. The van der Waals surface area contributed by atoms with Crippen LogP contribution in [0.3, 0.4) is 0 Å². The highest BCUT2D eigenvalue weighted by molar-refractivity contribution is 9.10. The Morgan fingerprint density at radius 2 is 1.47 bits per heavy atom. The molecule has 100 valence electrons. The second-order valence-corrected chi connectivity index (χ2v) is 5.96. The fraction of sp³-hybridized carbons (Fsp3) is 0.143. The Hall–Kier alpha value is -0.710. The van der Waals surface area contributed by atoms with Gasteiger partial charge in [-0.1, -0.05) is 43.5 Å². The highest BCUT2D eigenvalue weighted by atomic mass is 79.9. The maximum Gasteiger partial charge on any atom is 0.139 e. The summed E-state index contributed by atoms with van der Waals surface area (Å²) >= 11 is 12.8. The van der Waals surface area contributed by atoms with Gasteiger partial charge in [-0.25, -0.2) is 0 Å². The molecule has 0 aliphatic rings. The Kier molecular flexibility index (Phi) is 5.55. The zero-order valence-electron chi connectivity index (χ0n) is 9.91. The molecule has 0 atom stereocenters. The van der Waals surface area contributed by atoms with Crippen LogP contribution < -0.4 is 9.47 Å². The van der Waals surface area contributed by atoms with Gasteiger partial charge in [0.15, 0.2) is 0 Å². The molecule has 0 aliphatic carbocycles. The third kappa shape index (κ3) is 4.71. The molecule has 0 aromatic heterocycles. The van der Waals surface area contributed by atoms with E-state index in [0.29, 0.717) is 24.0 Å². The minimum absolute atomic E-state index is 0.437. The molecule has 0 saturated heterocycles. The lowest BCUT2D eigenvalue weighted by molar-refractivity contribution is 0.217. The number of halogens is 3. The lowest BCUT2D eigenvalue weighted by atomic mass is 10.3. The quantitative estimate of drug-likeness (QED) is 0.626. The van der Waals surface area contributed by atoms with Gasteiger partial charge in [-0.2, -0.15) is 0 Å². The van der Waals surface area contributed by atoms with Gasteiger partial charge < -0.3 is 9.47 Å². The van der Waals surface area contributed by atoms with Gasteiger partial charge in [0, 0.05) is 8.95 Å². The van der Waals surface area contributed by atoms with Gasteiger partial charge in [0.1, 0.15) is 24.7 Å². The van der Waals surface area contributed by atoms with E-state index in [1.165, 1.54) is 0 Å². The van der Waals surface area contributed by atoms with E-state index in [9.17, 15) is 0 Å². The first-order chi connectivity index (χ1) is 9.15. The first-order valence-electron chi connectivity index (χ1n) is 5.61. The van der Waals surface area contributed by atoms with E-state index in [1.54, 1.807) is 6.07 Å². The van der Waals surface area contributed by atoms with Crippen molar-refractivity contribution in [3.63, 3.8) is 0 Å². The molecule has 0 saturated carbocycles. The van der Waals surface area contributed by atoms with Gasteiger partial charge in [-0.3, -0.25) is 0 Å². The van der Waals surface area contributed by atoms with Gasteiger partial charge in [-0.15, -0.1) is 0 Å². The van der Waals surface area contributed by atoms with Gasteiger partial charge in [0.2, 0.25) is 0 Å². The van der Waals surface area contributed by atoms with Crippen molar-refractivity contribution in [3.8, 4) is 11.5 Å². The SMILES string of the molecule is Clc1ccc(Br)cc1OCCOc1ccc(Br)cc1. The van der Waals surface area contributed by atoms with Gasteiger partial charge >= 0.3 is 0 Å². The van der Waals surface area contributed by atoms with E-state index in [-0.39, 0.29) is 0 Å². The van der Waals surface area contributed by atoms with Crippen LogP contribution >= 0.6 is 43.5 Å². The first kappa shape index (κ1) is 14.7. The van der Waals surface area contributed by atoms with Crippen molar-refractivity contribution in [2.24, 2.45) is 0 Å². The van der Waals surface area contributed by atoms with Crippen LogP contribution in [0.25, 0.3) is 0 Å². The Balaban J connectivity index is 1.80. The second-order valence-electron chi connectivity index (χ2n) is 3.73. The maximum atomic E-state index is 6.02. The van der Waals surface area contributed by atoms with Crippen LogP contribution in [-0.4, -0.2) is 13.2 Å². The summed E-state index contributed by atoms with van der Waals surface area (Å²) < 4.78 is 13.1. The number of benzene rings is 2. The third-order valence-electron chi connectivity index (χ3n) is 2.32. The van der Waals surface area contributed by atoms with Crippen LogP contribution in [0, 0.1) is 0 Å². The molecule has 5 heteroatoms. The van der Waals surface area contributed by atoms with E-state index < -0.39 is 0 Å².